The number of rotatable bonds is 11. The van der Waals surface area contributed by atoms with Crippen molar-refractivity contribution in [2.45, 2.75) is 65.0 Å². The average molecular weight is 603 g/mol. The van der Waals surface area contributed by atoms with Crippen LogP contribution in [0.5, 0.6) is 11.5 Å². The van der Waals surface area contributed by atoms with Crippen molar-refractivity contribution in [2.75, 3.05) is 13.9 Å². The number of esters is 2. The first-order valence-electron chi connectivity index (χ1n) is 15.2. The summed E-state index contributed by atoms with van der Waals surface area (Å²) in [6.07, 6.45) is 4.67. The summed E-state index contributed by atoms with van der Waals surface area (Å²) in [6, 6.07) is 21.3. The van der Waals surface area contributed by atoms with Crippen LogP contribution in [0.2, 0.25) is 0 Å². The van der Waals surface area contributed by atoms with Gasteiger partial charge in [-0.15, -0.1) is 0 Å². The van der Waals surface area contributed by atoms with Gasteiger partial charge in [-0.05, 0) is 49.7 Å². The van der Waals surface area contributed by atoms with Crippen LogP contribution in [0, 0.1) is 17.8 Å². The second kappa shape index (κ2) is 15.9. The normalized spacial score (nSPS) is 20.4. The molecule has 2 aromatic carbocycles. The van der Waals surface area contributed by atoms with Gasteiger partial charge in [-0.2, -0.15) is 0 Å². The number of cyclic esters (lactones) is 1. The predicted octanol–water partition coefficient (Wildman–Crippen LogP) is 5.56. The van der Waals surface area contributed by atoms with Gasteiger partial charge in [-0.1, -0.05) is 80.9 Å². The summed E-state index contributed by atoms with van der Waals surface area (Å²) in [5.41, 5.74) is 2.35. The van der Waals surface area contributed by atoms with E-state index in [2.05, 4.69) is 34.6 Å². The van der Waals surface area contributed by atoms with Crippen LogP contribution in [-0.4, -0.2) is 48.9 Å². The lowest BCUT2D eigenvalue weighted by Crippen LogP contribution is -2.43. The predicted molar refractivity (Wildman–Crippen MR) is 165 cm³/mol. The summed E-state index contributed by atoms with van der Waals surface area (Å²) in [4.78, 5) is 43.1. The molecule has 4 atom stereocenters. The number of benzene rings is 2. The van der Waals surface area contributed by atoms with E-state index in [1.165, 1.54) is 30.5 Å². The molecule has 9 heteroatoms. The summed E-state index contributed by atoms with van der Waals surface area (Å²) in [5.74, 6) is -1.28. The Morgan fingerprint density at radius 3 is 2.27 bits per heavy atom. The molecule has 1 fully saturated rings. The lowest BCUT2D eigenvalue weighted by Gasteiger charge is -2.31. The lowest BCUT2D eigenvalue weighted by atomic mass is 9.77. The number of hydrogen-bond donors (Lipinski definition) is 1. The molecule has 0 radical (unpaired) electrons. The zero-order valence-corrected chi connectivity index (χ0v) is 25.9. The number of hydrogen-bond acceptors (Lipinski definition) is 8. The quantitative estimate of drug-likeness (QED) is 0.224. The minimum Gasteiger partial charge on any atom is -0.493 e. The monoisotopic (exact) mass is 602 g/mol. The molecule has 3 aromatic rings. The minimum atomic E-state index is -0.877. The fourth-order valence-corrected chi connectivity index (χ4v) is 5.60. The fourth-order valence-electron chi connectivity index (χ4n) is 5.60. The van der Waals surface area contributed by atoms with Crippen molar-refractivity contribution in [1.82, 2.24) is 10.3 Å². The molecule has 0 aliphatic carbocycles. The van der Waals surface area contributed by atoms with E-state index in [1.807, 2.05) is 43.3 Å². The van der Waals surface area contributed by atoms with Crippen molar-refractivity contribution in [1.29, 1.82) is 0 Å². The van der Waals surface area contributed by atoms with E-state index in [4.69, 9.17) is 18.9 Å². The van der Waals surface area contributed by atoms with Crippen LogP contribution in [-0.2, 0) is 31.9 Å². The second-order valence-corrected chi connectivity index (χ2v) is 11.5. The van der Waals surface area contributed by atoms with Crippen LogP contribution in [0.1, 0.15) is 61.6 Å². The highest BCUT2D eigenvalue weighted by Crippen LogP contribution is 2.33. The zero-order chi connectivity index (χ0) is 31.5. The molecule has 2 heterocycles. The Kier molecular flexibility index (Phi) is 11.7. The molecule has 4 rings (SSSR count). The van der Waals surface area contributed by atoms with Gasteiger partial charge in [0, 0.05) is 18.2 Å². The zero-order valence-electron chi connectivity index (χ0n) is 25.9. The first-order valence-corrected chi connectivity index (χ1v) is 15.2. The summed E-state index contributed by atoms with van der Waals surface area (Å²) in [6.45, 7) is 4.93. The van der Waals surface area contributed by atoms with Crippen molar-refractivity contribution in [2.24, 2.45) is 17.8 Å². The largest absolute Gasteiger partial charge is 0.493 e. The first kappa shape index (κ1) is 32.5. The third kappa shape index (κ3) is 8.81. The van der Waals surface area contributed by atoms with Crippen LogP contribution in [0.3, 0.4) is 0 Å². The molecule has 1 saturated heterocycles. The molecular formula is C35H42N2O7. The second-order valence-electron chi connectivity index (χ2n) is 11.5. The summed E-state index contributed by atoms with van der Waals surface area (Å²) >= 11 is 0. The Labute approximate surface area is 259 Å². The van der Waals surface area contributed by atoms with Gasteiger partial charge in [0.25, 0.3) is 5.91 Å². The topological polar surface area (TPSA) is 113 Å². The Balaban J connectivity index is 1.52. The SMILES string of the molecule is COc1ccnc(C(=O)NC2CCC[C@H](Cc3ccccc3)[C@@H](Cc3ccccc3)[C@H](C)OC2=O)c1OCOC(=O)C(C)C. The lowest BCUT2D eigenvalue weighted by molar-refractivity contribution is -0.155. The van der Waals surface area contributed by atoms with Crippen molar-refractivity contribution >= 4 is 17.8 Å². The molecule has 1 N–H and O–H groups in total. The smallest absolute Gasteiger partial charge is 0.328 e. The van der Waals surface area contributed by atoms with E-state index >= 15 is 0 Å². The number of carbonyl (C=O) groups excluding carboxylic acids is 3. The molecule has 1 unspecified atom stereocenters. The third-order valence-corrected chi connectivity index (χ3v) is 8.00. The van der Waals surface area contributed by atoms with Crippen LogP contribution < -0.4 is 14.8 Å². The molecule has 0 bridgehead atoms. The molecule has 234 valence electrons. The number of methoxy groups -OCH3 is 1. The Morgan fingerprint density at radius 2 is 1.64 bits per heavy atom. The minimum absolute atomic E-state index is 0.0136. The average Bonchev–Trinajstić information content (AvgIpc) is 3.07. The van der Waals surface area contributed by atoms with E-state index in [1.54, 1.807) is 13.8 Å². The Bertz CT molecular complexity index is 1380. The molecular weight excluding hydrogens is 560 g/mol. The maximum atomic E-state index is 13.5. The Hall–Kier alpha value is -4.40. The molecule has 1 aromatic heterocycles. The highest BCUT2D eigenvalue weighted by Gasteiger charge is 2.35. The van der Waals surface area contributed by atoms with E-state index < -0.39 is 30.7 Å². The van der Waals surface area contributed by atoms with Crippen molar-refractivity contribution in [3.8, 4) is 11.5 Å². The van der Waals surface area contributed by atoms with Crippen LogP contribution >= 0.6 is 0 Å². The van der Waals surface area contributed by atoms with E-state index in [-0.39, 0.29) is 41.1 Å². The molecule has 1 amide bonds. The molecule has 0 saturated carbocycles. The number of nitrogens with one attached hydrogen (secondary N) is 1. The van der Waals surface area contributed by atoms with E-state index in [0.717, 1.165) is 25.7 Å². The van der Waals surface area contributed by atoms with Gasteiger partial charge in [-0.25, -0.2) is 9.78 Å². The standard InChI is InChI=1S/C35H42N2O7/c1-23(2)34(39)43-22-42-32-30(41-4)18-19-36-31(32)33(38)37-29-17-11-16-27(20-25-12-7-5-8-13-25)28(24(3)44-35(29)40)21-26-14-9-6-10-15-26/h5-10,12-15,18-19,23-24,27-29H,11,16-17,20-22H2,1-4H3,(H,37,38)/t24-,27+,28-,29?/m0/s1. The fraction of sp³-hybridized carbons (Fsp3) is 0.429. The number of nitrogens with zero attached hydrogens (tertiary/aromatic N) is 1. The van der Waals surface area contributed by atoms with E-state index in [0.29, 0.717) is 6.42 Å². The molecule has 1 aliphatic rings. The van der Waals surface area contributed by atoms with Crippen molar-refractivity contribution in [3.63, 3.8) is 0 Å². The number of pyridine rings is 1. The molecule has 9 nitrogen and oxygen atoms in total. The number of amides is 1. The van der Waals surface area contributed by atoms with Crippen LogP contribution in [0.15, 0.2) is 72.9 Å². The van der Waals surface area contributed by atoms with Gasteiger partial charge in [0.1, 0.15) is 12.1 Å². The van der Waals surface area contributed by atoms with Gasteiger partial charge in [0.05, 0.1) is 13.0 Å². The number of carbonyl (C=O) groups is 3. The molecule has 1 aliphatic heterocycles. The summed E-state index contributed by atoms with van der Waals surface area (Å²) in [7, 11) is 1.43. The van der Waals surface area contributed by atoms with Crippen molar-refractivity contribution < 1.29 is 33.3 Å². The maximum Gasteiger partial charge on any atom is 0.328 e. The molecule has 0 spiro atoms. The van der Waals surface area contributed by atoms with Crippen LogP contribution in [0.4, 0.5) is 0 Å². The van der Waals surface area contributed by atoms with Gasteiger partial charge >= 0.3 is 11.9 Å². The van der Waals surface area contributed by atoms with Gasteiger partial charge in [0.15, 0.2) is 17.2 Å². The summed E-state index contributed by atoms with van der Waals surface area (Å²) < 4.78 is 22.2. The van der Waals surface area contributed by atoms with Gasteiger partial charge in [-0.3, -0.25) is 9.59 Å². The Morgan fingerprint density at radius 1 is 0.977 bits per heavy atom. The number of ether oxygens (including phenoxy) is 4. The maximum absolute atomic E-state index is 13.5. The number of aromatic nitrogens is 1. The highest BCUT2D eigenvalue weighted by molar-refractivity contribution is 5.98. The summed E-state index contributed by atoms with van der Waals surface area (Å²) in [5, 5.41) is 2.82. The third-order valence-electron chi connectivity index (χ3n) is 8.00. The first-order chi connectivity index (χ1) is 21.3. The van der Waals surface area contributed by atoms with Gasteiger partial charge < -0.3 is 24.3 Å². The highest BCUT2D eigenvalue weighted by atomic mass is 16.7. The molecule has 44 heavy (non-hydrogen) atoms. The van der Waals surface area contributed by atoms with Crippen LogP contribution in [0.25, 0.3) is 0 Å². The van der Waals surface area contributed by atoms with Crippen molar-refractivity contribution in [3.05, 3.63) is 89.7 Å². The van der Waals surface area contributed by atoms with E-state index in [9.17, 15) is 14.4 Å². The van der Waals surface area contributed by atoms with Gasteiger partial charge in [0.2, 0.25) is 6.79 Å².